The van der Waals surface area contributed by atoms with Crippen LogP contribution in [0.1, 0.15) is 29.8 Å². The van der Waals surface area contributed by atoms with Crippen LogP contribution in [-0.4, -0.2) is 53.0 Å². The zero-order valence-electron chi connectivity index (χ0n) is 21.3. The van der Waals surface area contributed by atoms with Gasteiger partial charge in [-0.15, -0.1) is 11.3 Å². The summed E-state index contributed by atoms with van der Waals surface area (Å²) in [5.74, 6) is -1.80. The number of aromatic nitrogens is 2. The Bertz CT molecular complexity index is 1600. The predicted molar refractivity (Wildman–Crippen MR) is 144 cm³/mol. The monoisotopic (exact) mass is 559 g/mol. The van der Waals surface area contributed by atoms with Crippen molar-refractivity contribution in [2.45, 2.75) is 32.1 Å². The minimum Gasteiger partial charge on any atom is -0.367 e. The molecule has 0 unspecified atom stereocenters. The maximum atomic E-state index is 15.6. The van der Waals surface area contributed by atoms with Crippen molar-refractivity contribution in [2.24, 2.45) is 0 Å². The third-order valence-electron chi connectivity index (χ3n) is 7.17. The fourth-order valence-electron chi connectivity index (χ4n) is 4.89. The lowest BCUT2D eigenvalue weighted by Crippen LogP contribution is -2.55. The highest BCUT2D eigenvalue weighted by atomic mass is 32.1. The van der Waals surface area contributed by atoms with Crippen LogP contribution in [-0.2, 0) is 6.18 Å². The van der Waals surface area contributed by atoms with Gasteiger partial charge < -0.3 is 15.2 Å². The molecule has 0 aliphatic carbocycles. The SMILES string of the molecule is C[C@@H]1CN(c2cc(F)c(-c3ccc4ncsc4c3)cc2NC(=O)c2c(C(F)(F)F)cc[nH]c2=O)C[C@H](C)N1C. The molecule has 1 fully saturated rings. The third kappa shape index (κ3) is 5.13. The number of rotatable bonds is 4. The summed E-state index contributed by atoms with van der Waals surface area (Å²) >= 11 is 1.39. The highest BCUT2D eigenvalue weighted by molar-refractivity contribution is 7.16. The molecule has 1 aliphatic heterocycles. The summed E-state index contributed by atoms with van der Waals surface area (Å²) in [6.45, 7) is 5.01. The number of pyridine rings is 1. The second-order valence-electron chi connectivity index (χ2n) is 9.70. The number of hydrogen-bond donors (Lipinski definition) is 2. The molecule has 1 amide bonds. The van der Waals surface area contributed by atoms with Crippen LogP contribution in [0.2, 0.25) is 0 Å². The van der Waals surface area contributed by atoms with Gasteiger partial charge >= 0.3 is 6.18 Å². The van der Waals surface area contributed by atoms with E-state index in [4.69, 9.17) is 0 Å². The second-order valence-corrected chi connectivity index (χ2v) is 10.6. The summed E-state index contributed by atoms with van der Waals surface area (Å²) in [6, 6.07) is 8.70. The van der Waals surface area contributed by atoms with Crippen LogP contribution in [0.15, 0.2) is 52.9 Å². The number of fused-ring (bicyclic) bond motifs is 1. The van der Waals surface area contributed by atoms with E-state index in [-0.39, 0.29) is 23.3 Å². The first-order valence-corrected chi connectivity index (χ1v) is 13.1. The molecular weight excluding hydrogens is 534 g/mol. The lowest BCUT2D eigenvalue weighted by Gasteiger charge is -2.44. The summed E-state index contributed by atoms with van der Waals surface area (Å²) < 4.78 is 57.5. The van der Waals surface area contributed by atoms with E-state index in [0.29, 0.717) is 30.4 Å². The molecule has 12 heteroatoms. The van der Waals surface area contributed by atoms with Gasteiger partial charge in [0.15, 0.2) is 0 Å². The standard InChI is InChI=1S/C27H25F4N5O2S/c1-14-11-36(12-15(2)35(14)3)22-10-19(28)17(16-4-5-20-23(8-16)39-13-33-20)9-21(22)34-26(38)24-18(27(29,30)31)6-7-32-25(24)37/h4-10,13-15H,11-12H2,1-3H3,(H,32,37)(H,34,38)/t14-,15+. The van der Waals surface area contributed by atoms with Crippen molar-refractivity contribution < 1.29 is 22.4 Å². The van der Waals surface area contributed by atoms with Crippen molar-refractivity contribution in [1.29, 1.82) is 0 Å². The molecule has 39 heavy (non-hydrogen) atoms. The second kappa shape index (κ2) is 10.1. The van der Waals surface area contributed by atoms with Crippen LogP contribution in [0.25, 0.3) is 21.3 Å². The number of H-pyrrole nitrogens is 1. The third-order valence-corrected chi connectivity index (χ3v) is 7.96. The molecule has 0 bridgehead atoms. The Balaban J connectivity index is 1.63. The first-order valence-electron chi connectivity index (χ1n) is 12.2. The van der Waals surface area contributed by atoms with E-state index >= 15 is 4.39 Å². The molecule has 2 N–H and O–H groups in total. The highest BCUT2D eigenvalue weighted by Gasteiger charge is 2.37. The minimum atomic E-state index is -4.93. The van der Waals surface area contributed by atoms with Gasteiger partial charge in [-0.1, -0.05) is 6.07 Å². The van der Waals surface area contributed by atoms with E-state index in [1.165, 1.54) is 23.5 Å². The van der Waals surface area contributed by atoms with E-state index < -0.39 is 34.6 Å². The zero-order valence-corrected chi connectivity index (χ0v) is 22.1. The highest BCUT2D eigenvalue weighted by Crippen LogP contribution is 2.38. The Morgan fingerprint density at radius 2 is 1.85 bits per heavy atom. The Kier molecular flexibility index (Phi) is 6.93. The van der Waals surface area contributed by atoms with E-state index in [9.17, 15) is 22.8 Å². The first kappa shape index (κ1) is 26.8. The van der Waals surface area contributed by atoms with Gasteiger partial charge in [0.1, 0.15) is 11.4 Å². The Labute approximate surface area is 225 Å². The topological polar surface area (TPSA) is 81.3 Å². The molecule has 2 atom stereocenters. The number of carbonyl (C=O) groups is 1. The molecule has 1 saturated heterocycles. The van der Waals surface area contributed by atoms with Gasteiger partial charge in [0.25, 0.3) is 11.5 Å². The number of piperazine rings is 1. The molecular formula is C27H25F4N5O2S. The van der Waals surface area contributed by atoms with Gasteiger partial charge in [0.2, 0.25) is 0 Å². The molecule has 1 aliphatic rings. The van der Waals surface area contributed by atoms with Crippen molar-refractivity contribution in [3.8, 4) is 11.1 Å². The van der Waals surface area contributed by atoms with Crippen LogP contribution >= 0.6 is 11.3 Å². The van der Waals surface area contributed by atoms with Gasteiger partial charge in [-0.05, 0) is 56.8 Å². The number of likely N-dealkylation sites (N-methyl/N-ethyl adjacent to an activating group) is 1. The fourth-order valence-corrected chi connectivity index (χ4v) is 5.61. The molecule has 0 saturated carbocycles. The van der Waals surface area contributed by atoms with E-state index in [1.807, 2.05) is 25.8 Å². The van der Waals surface area contributed by atoms with Crippen molar-refractivity contribution in [1.82, 2.24) is 14.9 Å². The molecule has 0 spiro atoms. The number of alkyl halides is 3. The smallest absolute Gasteiger partial charge is 0.367 e. The van der Waals surface area contributed by atoms with Crippen molar-refractivity contribution in [3.05, 3.63) is 75.4 Å². The number of nitrogens with zero attached hydrogens (tertiary/aromatic N) is 3. The minimum absolute atomic E-state index is 0.0857. The quantitative estimate of drug-likeness (QED) is 0.319. The van der Waals surface area contributed by atoms with E-state index in [2.05, 4.69) is 20.2 Å². The Morgan fingerprint density at radius 3 is 2.54 bits per heavy atom. The molecule has 3 heterocycles. The average Bonchev–Trinajstić information content (AvgIpc) is 3.35. The average molecular weight is 560 g/mol. The summed E-state index contributed by atoms with van der Waals surface area (Å²) in [4.78, 5) is 36.0. The van der Waals surface area contributed by atoms with Crippen LogP contribution in [0.5, 0.6) is 0 Å². The van der Waals surface area contributed by atoms with Crippen molar-refractivity contribution in [3.63, 3.8) is 0 Å². The maximum absolute atomic E-state index is 15.6. The number of nitrogens with one attached hydrogen (secondary N) is 2. The molecule has 0 radical (unpaired) electrons. The van der Waals surface area contributed by atoms with Gasteiger partial charge in [0.05, 0.1) is 32.7 Å². The molecule has 4 aromatic rings. The molecule has 5 rings (SSSR count). The summed E-state index contributed by atoms with van der Waals surface area (Å²) in [7, 11) is 1.98. The Morgan fingerprint density at radius 1 is 1.13 bits per heavy atom. The van der Waals surface area contributed by atoms with Crippen LogP contribution in [0.4, 0.5) is 28.9 Å². The zero-order chi connectivity index (χ0) is 28.1. The van der Waals surface area contributed by atoms with E-state index in [0.717, 1.165) is 16.4 Å². The molecule has 7 nitrogen and oxygen atoms in total. The number of benzene rings is 2. The number of amides is 1. The fraction of sp³-hybridized carbons (Fsp3) is 0.296. The number of aromatic amines is 1. The van der Waals surface area contributed by atoms with Crippen LogP contribution < -0.4 is 15.8 Å². The van der Waals surface area contributed by atoms with Crippen LogP contribution in [0, 0.1) is 5.82 Å². The van der Waals surface area contributed by atoms with Gasteiger partial charge in [-0.2, -0.15) is 13.2 Å². The molecule has 2 aromatic carbocycles. The van der Waals surface area contributed by atoms with Crippen LogP contribution in [0.3, 0.4) is 0 Å². The number of halogens is 4. The number of carbonyl (C=O) groups excluding carboxylic acids is 1. The Hall–Kier alpha value is -3.77. The normalized spacial score (nSPS) is 18.5. The lowest BCUT2D eigenvalue weighted by molar-refractivity contribution is -0.138. The number of anilines is 2. The van der Waals surface area contributed by atoms with Crippen molar-refractivity contribution in [2.75, 3.05) is 30.4 Å². The van der Waals surface area contributed by atoms with Gasteiger partial charge in [0, 0.05) is 36.9 Å². The lowest BCUT2D eigenvalue weighted by atomic mass is 10.0. The predicted octanol–water partition coefficient (Wildman–Crippen LogP) is 5.59. The summed E-state index contributed by atoms with van der Waals surface area (Å²) in [5, 5.41) is 2.50. The summed E-state index contributed by atoms with van der Waals surface area (Å²) in [6.07, 6.45) is -4.09. The number of thiazole rings is 1. The van der Waals surface area contributed by atoms with E-state index in [1.54, 1.807) is 23.7 Å². The van der Waals surface area contributed by atoms with Crippen molar-refractivity contribution >= 4 is 38.8 Å². The molecule has 2 aromatic heterocycles. The summed E-state index contributed by atoms with van der Waals surface area (Å²) in [5.41, 5.74) is -0.0976. The van der Waals surface area contributed by atoms with Gasteiger partial charge in [-0.3, -0.25) is 14.5 Å². The largest absolute Gasteiger partial charge is 0.417 e. The number of hydrogen-bond acceptors (Lipinski definition) is 6. The molecule has 204 valence electrons. The first-order chi connectivity index (χ1) is 18.4. The maximum Gasteiger partial charge on any atom is 0.417 e. The van der Waals surface area contributed by atoms with Gasteiger partial charge in [-0.25, -0.2) is 9.37 Å².